The van der Waals surface area contributed by atoms with Crippen LogP contribution in [0.3, 0.4) is 0 Å². The Morgan fingerprint density at radius 2 is 1.67 bits per heavy atom. The minimum atomic E-state index is -0.197. The standard InChI is InChI=1S/C20H22ClNO2/c1-20(2,3)15-9-7-14(8-10-15)18(23)11-12-19(24)22-17-6-4-5-16(21)13-17/h4-10,13H,11-12H2,1-3H3,(H,22,24). The Labute approximate surface area is 148 Å². The molecule has 126 valence electrons. The molecule has 3 nitrogen and oxygen atoms in total. The van der Waals surface area contributed by atoms with Crippen molar-refractivity contribution in [3.63, 3.8) is 0 Å². The fourth-order valence-corrected chi connectivity index (χ4v) is 2.51. The van der Waals surface area contributed by atoms with E-state index >= 15 is 0 Å². The van der Waals surface area contributed by atoms with E-state index in [0.717, 1.165) is 0 Å². The summed E-state index contributed by atoms with van der Waals surface area (Å²) in [6, 6.07) is 14.5. The highest BCUT2D eigenvalue weighted by Crippen LogP contribution is 2.22. The maximum Gasteiger partial charge on any atom is 0.224 e. The van der Waals surface area contributed by atoms with Crippen molar-refractivity contribution in [2.24, 2.45) is 0 Å². The molecule has 0 aliphatic rings. The number of hydrogen-bond acceptors (Lipinski definition) is 2. The van der Waals surface area contributed by atoms with Crippen LogP contribution in [0.1, 0.15) is 49.5 Å². The predicted molar refractivity (Wildman–Crippen MR) is 98.8 cm³/mol. The maximum atomic E-state index is 12.2. The van der Waals surface area contributed by atoms with Crippen LogP contribution in [0.5, 0.6) is 0 Å². The Bertz CT molecular complexity index is 730. The van der Waals surface area contributed by atoms with Crippen molar-refractivity contribution in [1.82, 2.24) is 0 Å². The molecule has 0 fully saturated rings. The van der Waals surface area contributed by atoms with Gasteiger partial charge >= 0.3 is 0 Å². The SMILES string of the molecule is CC(C)(C)c1ccc(C(=O)CCC(=O)Nc2cccc(Cl)c2)cc1. The zero-order valence-corrected chi connectivity index (χ0v) is 15.0. The Morgan fingerprint density at radius 3 is 2.25 bits per heavy atom. The lowest BCUT2D eigenvalue weighted by Gasteiger charge is -2.18. The topological polar surface area (TPSA) is 46.2 Å². The smallest absolute Gasteiger partial charge is 0.224 e. The largest absolute Gasteiger partial charge is 0.326 e. The van der Waals surface area contributed by atoms with Gasteiger partial charge in [0.05, 0.1) is 0 Å². The minimum Gasteiger partial charge on any atom is -0.326 e. The molecule has 0 heterocycles. The van der Waals surface area contributed by atoms with Crippen molar-refractivity contribution >= 4 is 29.0 Å². The molecule has 0 aromatic heterocycles. The third-order valence-corrected chi connectivity index (χ3v) is 4.00. The van der Waals surface area contributed by atoms with Crippen molar-refractivity contribution in [1.29, 1.82) is 0 Å². The summed E-state index contributed by atoms with van der Waals surface area (Å²) in [5.74, 6) is -0.228. The van der Waals surface area contributed by atoms with Gasteiger partial charge in [-0.1, -0.05) is 62.7 Å². The summed E-state index contributed by atoms with van der Waals surface area (Å²) < 4.78 is 0. The first-order valence-electron chi connectivity index (χ1n) is 7.95. The number of anilines is 1. The highest BCUT2D eigenvalue weighted by Gasteiger charge is 2.15. The van der Waals surface area contributed by atoms with E-state index in [1.54, 1.807) is 24.3 Å². The van der Waals surface area contributed by atoms with E-state index in [-0.39, 0.29) is 29.9 Å². The quantitative estimate of drug-likeness (QED) is 0.754. The first-order valence-corrected chi connectivity index (χ1v) is 8.33. The molecule has 2 aromatic rings. The number of carbonyl (C=O) groups excluding carboxylic acids is 2. The van der Waals surface area contributed by atoms with Crippen LogP contribution in [0.25, 0.3) is 0 Å². The van der Waals surface area contributed by atoms with E-state index in [0.29, 0.717) is 16.3 Å². The molecule has 0 saturated carbocycles. The Morgan fingerprint density at radius 1 is 1.00 bits per heavy atom. The summed E-state index contributed by atoms with van der Waals surface area (Å²) >= 11 is 5.88. The normalized spacial score (nSPS) is 11.2. The fourth-order valence-electron chi connectivity index (χ4n) is 2.32. The first kappa shape index (κ1) is 18.2. The van der Waals surface area contributed by atoms with Gasteiger partial charge in [-0.05, 0) is 29.2 Å². The van der Waals surface area contributed by atoms with Gasteiger partial charge in [0.1, 0.15) is 0 Å². The number of ketones is 1. The molecule has 2 aromatic carbocycles. The van der Waals surface area contributed by atoms with E-state index in [9.17, 15) is 9.59 Å². The molecule has 24 heavy (non-hydrogen) atoms. The summed E-state index contributed by atoms with van der Waals surface area (Å²) in [6.07, 6.45) is 0.327. The van der Waals surface area contributed by atoms with Gasteiger partial charge in [0.15, 0.2) is 5.78 Å². The van der Waals surface area contributed by atoms with Crippen molar-refractivity contribution in [2.45, 2.75) is 39.0 Å². The molecule has 0 aliphatic carbocycles. The maximum absolute atomic E-state index is 12.2. The lowest BCUT2D eigenvalue weighted by atomic mass is 9.86. The van der Waals surface area contributed by atoms with Gasteiger partial charge < -0.3 is 5.32 Å². The average Bonchev–Trinajstić information content (AvgIpc) is 2.52. The Kier molecular flexibility index (Phi) is 5.79. The van der Waals surface area contributed by atoms with Crippen LogP contribution >= 0.6 is 11.6 Å². The number of Topliss-reactive ketones (excluding diaryl/α,β-unsaturated/α-hetero) is 1. The van der Waals surface area contributed by atoms with E-state index in [1.807, 2.05) is 24.3 Å². The second-order valence-corrected chi connectivity index (χ2v) is 7.25. The summed E-state index contributed by atoms with van der Waals surface area (Å²) in [7, 11) is 0. The lowest BCUT2D eigenvalue weighted by molar-refractivity contribution is -0.116. The van der Waals surface area contributed by atoms with E-state index < -0.39 is 0 Å². The average molecular weight is 344 g/mol. The monoisotopic (exact) mass is 343 g/mol. The molecular formula is C20H22ClNO2. The summed E-state index contributed by atoms with van der Waals surface area (Å²) in [4.78, 5) is 24.2. The van der Waals surface area contributed by atoms with Crippen LogP contribution in [0.15, 0.2) is 48.5 Å². The van der Waals surface area contributed by atoms with Crippen LogP contribution in [-0.4, -0.2) is 11.7 Å². The Balaban J connectivity index is 1.89. The van der Waals surface area contributed by atoms with Crippen LogP contribution in [-0.2, 0) is 10.2 Å². The van der Waals surface area contributed by atoms with Gasteiger partial charge in [-0.2, -0.15) is 0 Å². The van der Waals surface area contributed by atoms with Gasteiger partial charge in [-0.15, -0.1) is 0 Å². The van der Waals surface area contributed by atoms with Crippen molar-refractivity contribution in [3.05, 3.63) is 64.7 Å². The minimum absolute atomic E-state index is 0.0308. The molecule has 0 bridgehead atoms. The number of hydrogen-bond donors (Lipinski definition) is 1. The second kappa shape index (κ2) is 7.63. The molecular weight excluding hydrogens is 322 g/mol. The van der Waals surface area contributed by atoms with E-state index in [4.69, 9.17) is 11.6 Å². The Hall–Kier alpha value is -2.13. The lowest BCUT2D eigenvalue weighted by Crippen LogP contribution is -2.14. The second-order valence-electron chi connectivity index (χ2n) is 6.81. The number of amides is 1. The van der Waals surface area contributed by atoms with Crippen LogP contribution in [0.4, 0.5) is 5.69 Å². The molecule has 0 atom stereocenters. The van der Waals surface area contributed by atoms with Crippen LogP contribution in [0.2, 0.25) is 5.02 Å². The molecule has 0 radical (unpaired) electrons. The molecule has 1 amide bonds. The van der Waals surface area contributed by atoms with Crippen molar-refractivity contribution in [2.75, 3.05) is 5.32 Å². The van der Waals surface area contributed by atoms with Crippen LogP contribution < -0.4 is 5.32 Å². The third kappa shape index (κ3) is 5.20. The summed E-state index contributed by atoms with van der Waals surface area (Å²) in [6.45, 7) is 6.39. The highest BCUT2D eigenvalue weighted by atomic mass is 35.5. The number of rotatable bonds is 5. The van der Waals surface area contributed by atoms with E-state index in [1.165, 1.54) is 5.56 Å². The molecule has 2 rings (SSSR count). The zero-order valence-electron chi connectivity index (χ0n) is 14.2. The number of nitrogens with one attached hydrogen (secondary N) is 1. The van der Waals surface area contributed by atoms with Crippen LogP contribution in [0, 0.1) is 0 Å². The molecule has 0 spiro atoms. The molecule has 0 aliphatic heterocycles. The zero-order chi connectivity index (χ0) is 17.7. The first-order chi connectivity index (χ1) is 11.3. The van der Waals surface area contributed by atoms with Crippen molar-refractivity contribution < 1.29 is 9.59 Å². The van der Waals surface area contributed by atoms with Crippen molar-refractivity contribution in [3.8, 4) is 0 Å². The third-order valence-electron chi connectivity index (χ3n) is 3.76. The highest BCUT2D eigenvalue weighted by molar-refractivity contribution is 6.30. The predicted octanol–water partition coefficient (Wildman–Crippen LogP) is 5.24. The molecule has 1 N–H and O–H groups in total. The molecule has 0 unspecified atom stereocenters. The van der Waals surface area contributed by atoms with Gasteiger partial charge in [0.25, 0.3) is 0 Å². The van der Waals surface area contributed by atoms with Gasteiger partial charge in [-0.25, -0.2) is 0 Å². The van der Waals surface area contributed by atoms with Gasteiger partial charge in [0, 0.05) is 29.1 Å². The van der Waals surface area contributed by atoms with Gasteiger partial charge in [-0.3, -0.25) is 9.59 Å². The number of halogens is 1. The number of benzene rings is 2. The fraction of sp³-hybridized carbons (Fsp3) is 0.300. The number of carbonyl (C=O) groups is 2. The molecule has 0 saturated heterocycles. The molecule has 4 heteroatoms. The van der Waals surface area contributed by atoms with Gasteiger partial charge in [0.2, 0.25) is 5.91 Å². The van der Waals surface area contributed by atoms with E-state index in [2.05, 4.69) is 26.1 Å². The summed E-state index contributed by atoms with van der Waals surface area (Å²) in [5, 5.41) is 3.30. The summed E-state index contributed by atoms with van der Waals surface area (Å²) in [5.41, 5.74) is 2.50.